The number of hydrogen-bond acceptors (Lipinski definition) is 11. The van der Waals surface area contributed by atoms with Gasteiger partial charge in [0, 0.05) is 74.8 Å². The topological polar surface area (TPSA) is 98.3 Å². The number of methoxy groups -OCH3 is 1. The predicted octanol–water partition coefficient (Wildman–Crippen LogP) is 5.05. The van der Waals surface area contributed by atoms with Crippen LogP contribution < -0.4 is 25.3 Å². The van der Waals surface area contributed by atoms with Crippen LogP contribution in [0.3, 0.4) is 0 Å². The molecule has 4 aliphatic rings. The molecule has 0 bridgehead atoms. The van der Waals surface area contributed by atoms with E-state index in [0.29, 0.717) is 41.4 Å². The van der Waals surface area contributed by atoms with Crippen LogP contribution in [0.15, 0.2) is 54.7 Å². The van der Waals surface area contributed by atoms with Crippen molar-refractivity contribution >= 4 is 45.9 Å². The third-order valence-corrected chi connectivity index (χ3v) is 10.4. The Balaban J connectivity index is 1.08. The first kappa shape index (κ1) is 30.0. The third-order valence-electron chi connectivity index (χ3n) is 9.41. The highest BCUT2D eigenvalue weighted by Crippen LogP contribution is 2.41. The molecule has 1 saturated carbocycles. The van der Waals surface area contributed by atoms with Crippen LogP contribution >= 0.6 is 11.3 Å². The minimum absolute atomic E-state index is 0.110. The molecule has 238 valence electrons. The number of benzene rings is 1. The van der Waals surface area contributed by atoms with Crippen molar-refractivity contribution in [2.75, 3.05) is 73.6 Å². The van der Waals surface area contributed by atoms with E-state index in [9.17, 15) is 4.79 Å². The Morgan fingerprint density at radius 3 is 2.42 bits per heavy atom. The van der Waals surface area contributed by atoms with Gasteiger partial charge in [-0.3, -0.25) is 19.4 Å². The van der Waals surface area contributed by atoms with Gasteiger partial charge in [0.05, 0.1) is 36.8 Å². The zero-order valence-corrected chi connectivity index (χ0v) is 26.7. The zero-order chi connectivity index (χ0) is 30.8. The second-order valence-electron chi connectivity index (χ2n) is 12.1. The number of carbonyl (C=O) groups excluding carboxylic acids is 1. The highest BCUT2D eigenvalue weighted by atomic mass is 32.1. The monoisotopic (exact) mass is 630 g/mol. The van der Waals surface area contributed by atoms with Crippen molar-refractivity contribution < 1.29 is 14.4 Å². The maximum absolute atomic E-state index is 12.5. The van der Waals surface area contributed by atoms with Gasteiger partial charge >= 0.3 is 0 Å². The Kier molecular flexibility index (Phi) is 8.88. The van der Waals surface area contributed by atoms with Crippen molar-refractivity contribution in [3.63, 3.8) is 0 Å². The Labute approximate surface area is 268 Å². The number of anilines is 5. The molecule has 3 aromatic rings. The Morgan fingerprint density at radius 2 is 1.76 bits per heavy atom. The number of ether oxygens (including phenoxy) is 1. The number of nitrogens with zero attached hydrogens (tertiary/aromatic N) is 6. The van der Waals surface area contributed by atoms with E-state index in [1.165, 1.54) is 56.3 Å². The molecule has 3 saturated heterocycles. The fraction of sp³-hybridized carbons (Fsp3) is 0.485. The van der Waals surface area contributed by atoms with Gasteiger partial charge in [0.1, 0.15) is 17.9 Å². The molecule has 12 heteroatoms. The van der Waals surface area contributed by atoms with Crippen molar-refractivity contribution in [3.05, 3.63) is 59.6 Å². The molecule has 45 heavy (non-hydrogen) atoms. The van der Waals surface area contributed by atoms with E-state index < -0.39 is 0 Å². The molecule has 1 aliphatic carbocycles. The molecule has 4 fully saturated rings. The number of thiophene rings is 1. The van der Waals surface area contributed by atoms with Crippen molar-refractivity contribution in [1.82, 2.24) is 19.8 Å². The van der Waals surface area contributed by atoms with Crippen LogP contribution in [0.4, 0.5) is 28.7 Å². The predicted molar refractivity (Wildman–Crippen MR) is 179 cm³/mol. The van der Waals surface area contributed by atoms with E-state index >= 15 is 0 Å². The number of rotatable bonds is 10. The number of piperidine rings is 1. The lowest BCUT2D eigenvalue weighted by atomic mass is 10.0. The van der Waals surface area contributed by atoms with Crippen LogP contribution in [0.25, 0.3) is 0 Å². The van der Waals surface area contributed by atoms with Crippen molar-refractivity contribution in [2.45, 2.75) is 50.2 Å². The lowest BCUT2D eigenvalue weighted by Gasteiger charge is -2.43. The standard InChI is InChI=1S/C33H42N8O3S/c1-3-33(42)37-25-19-26(36-31-21-32(35-22-34-31)41-27(10-17-44-41)30-5-4-18-45-30)29(43-2)20-28(25)40-11-8-24(9-12-40)39-15-13-38(14-16-39)23-6-7-23/h3-5,18-24,27H,1,6-17H2,2H3,(H,37,42)(H,34,35,36). The van der Waals surface area contributed by atoms with Gasteiger partial charge in [-0.25, -0.2) is 15.0 Å². The van der Waals surface area contributed by atoms with E-state index in [2.05, 4.69) is 59.4 Å². The summed E-state index contributed by atoms with van der Waals surface area (Å²) in [4.78, 5) is 36.5. The summed E-state index contributed by atoms with van der Waals surface area (Å²) < 4.78 is 5.87. The quantitative estimate of drug-likeness (QED) is 0.296. The number of hydroxylamine groups is 1. The second-order valence-corrected chi connectivity index (χ2v) is 13.1. The number of hydrogen-bond donors (Lipinski definition) is 2. The summed E-state index contributed by atoms with van der Waals surface area (Å²) in [5.41, 5.74) is 2.33. The first-order chi connectivity index (χ1) is 22.1. The van der Waals surface area contributed by atoms with Crippen LogP contribution in [-0.4, -0.2) is 90.7 Å². The maximum atomic E-state index is 12.5. The molecule has 0 radical (unpaired) electrons. The highest BCUT2D eigenvalue weighted by molar-refractivity contribution is 7.10. The summed E-state index contributed by atoms with van der Waals surface area (Å²) in [6.07, 6.45) is 8.66. The molecule has 2 N–H and O–H groups in total. The summed E-state index contributed by atoms with van der Waals surface area (Å²) in [6.45, 7) is 10.9. The third kappa shape index (κ3) is 6.64. The van der Waals surface area contributed by atoms with E-state index in [1.54, 1.807) is 18.4 Å². The van der Waals surface area contributed by atoms with Gasteiger partial charge in [-0.1, -0.05) is 12.6 Å². The molecule has 1 amide bonds. The van der Waals surface area contributed by atoms with Gasteiger partial charge in [0.25, 0.3) is 0 Å². The maximum Gasteiger partial charge on any atom is 0.247 e. The fourth-order valence-electron chi connectivity index (χ4n) is 6.87. The summed E-state index contributed by atoms with van der Waals surface area (Å²) in [6, 6.07) is 11.5. The van der Waals surface area contributed by atoms with E-state index in [4.69, 9.17) is 9.57 Å². The first-order valence-electron chi connectivity index (χ1n) is 16.0. The van der Waals surface area contributed by atoms with Crippen LogP contribution in [0.2, 0.25) is 0 Å². The number of aromatic nitrogens is 2. The van der Waals surface area contributed by atoms with Gasteiger partial charge in [-0.05, 0) is 49.3 Å². The lowest BCUT2D eigenvalue weighted by Crippen LogP contribution is -2.53. The van der Waals surface area contributed by atoms with Crippen LogP contribution in [0.1, 0.15) is 43.0 Å². The molecule has 7 rings (SSSR count). The smallest absolute Gasteiger partial charge is 0.247 e. The van der Waals surface area contributed by atoms with Gasteiger partial charge in [-0.15, -0.1) is 11.3 Å². The minimum atomic E-state index is -0.258. The van der Waals surface area contributed by atoms with Crippen LogP contribution in [0.5, 0.6) is 5.75 Å². The van der Waals surface area contributed by atoms with Crippen molar-refractivity contribution in [3.8, 4) is 5.75 Å². The summed E-state index contributed by atoms with van der Waals surface area (Å²) in [5.74, 6) is 1.67. The zero-order valence-electron chi connectivity index (χ0n) is 25.9. The molecule has 11 nitrogen and oxygen atoms in total. The largest absolute Gasteiger partial charge is 0.494 e. The van der Waals surface area contributed by atoms with E-state index in [-0.39, 0.29) is 11.9 Å². The number of piperazine rings is 1. The Morgan fingerprint density at radius 1 is 1.00 bits per heavy atom. The normalized spacial score (nSPS) is 21.6. The molecule has 3 aliphatic heterocycles. The SMILES string of the molecule is C=CC(=O)Nc1cc(Nc2cc(N3OCCC3c3cccs3)ncn2)c(OC)cc1N1CCC(N2CCN(C3CC3)CC2)CC1. The average Bonchev–Trinajstić information content (AvgIpc) is 3.55. The first-order valence-corrected chi connectivity index (χ1v) is 16.9. The van der Waals surface area contributed by atoms with Crippen molar-refractivity contribution in [1.29, 1.82) is 0 Å². The van der Waals surface area contributed by atoms with E-state index in [1.807, 2.05) is 23.3 Å². The molecule has 5 heterocycles. The minimum Gasteiger partial charge on any atom is -0.494 e. The fourth-order valence-corrected chi connectivity index (χ4v) is 7.71. The summed E-state index contributed by atoms with van der Waals surface area (Å²) in [5, 5.41) is 10.4. The average molecular weight is 631 g/mol. The van der Waals surface area contributed by atoms with Gasteiger partial charge in [0.15, 0.2) is 5.82 Å². The molecule has 1 unspecified atom stereocenters. The second kappa shape index (κ2) is 13.3. The van der Waals surface area contributed by atoms with Gasteiger partial charge in [-0.2, -0.15) is 0 Å². The Bertz CT molecular complexity index is 1480. The summed E-state index contributed by atoms with van der Waals surface area (Å²) >= 11 is 1.71. The number of amides is 1. The number of carbonyl (C=O) groups is 1. The van der Waals surface area contributed by atoms with Gasteiger partial charge in [0.2, 0.25) is 5.91 Å². The molecule has 1 atom stereocenters. The highest BCUT2D eigenvalue weighted by Gasteiger charge is 2.34. The molecule has 1 aromatic carbocycles. The Hall–Kier alpha value is -3.71. The summed E-state index contributed by atoms with van der Waals surface area (Å²) in [7, 11) is 1.66. The molecular weight excluding hydrogens is 588 g/mol. The van der Waals surface area contributed by atoms with E-state index in [0.717, 1.165) is 44.1 Å². The molecule has 2 aromatic heterocycles. The van der Waals surface area contributed by atoms with Gasteiger partial charge < -0.3 is 20.3 Å². The lowest BCUT2D eigenvalue weighted by molar-refractivity contribution is -0.111. The van der Waals surface area contributed by atoms with Crippen molar-refractivity contribution in [2.24, 2.45) is 0 Å². The number of nitrogens with one attached hydrogen (secondary N) is 2. The molecular formula is C33H42N8O3S. The van der Waals surface area contributed by atoms with Crippen LogP contribution in [-0.2, 0) is 9.63 Å². The van der Waals surface area contributed by atoms with Crippen LogP contribution in [0, 0.1) is 0 Å². The molecule has 0 spiro atoms.